The molecule has 0 aliphatic carbocycles. The van der Waals surface area contributed by atoms with E-state index in [1.54, 1.807) is 72.8 Å². The molecule has 10 heteroatoms. The number of esters is 1. The lowest BCUT2D eigenvalue weighted by Gasteiger charge is -2.25. The third-order valence-corrected chi connectivity index (χ3v) is 5.95. The van der Waals surface area contributed by atoms with E-state index in [0.29, 0.717) is 26.9 Å². The molecule has 0 saturated heterocycles. The summed E-state index contributed by atoms with van der Waals surface area (Å²) in [5.74, 6) is -1.11. The van der Waals surface area contributed by atoms with Crippen LogP contribution >= 0.6 is 11.8 Å². The predicted molar refractivity (Wildman–Crippen MR) is 125 cm³/mol. The van der Waals surface area contributed by atoms with Gasteiger partial charge in [-0.05, 0) is 36.4 Å². The molecule has 176 valence electrons. The van der Waals surface area contributed by atoms with Gasteiger partial charge < -0.3 is 14.2 Å². The SMILES string of the molecule is N#Cc1ccccc1Sc1ccccc1C(=O)OCC(=O)NNC(=O)C1COc2ccccc2O1. The summed E-state index contributed by atoms with van der Waals surface area (Å²) in [5.41, 5.74) is 5.14. The van der Waals surface area contributed by atoms with Crippen LogP contribution in [0.1, 0.15) is 15.9 Å². The van der Waals surface area contributed by atoms with Crippen molar-refractivity contribution in [3.63, 3.8) is 0 Å². The zero-order valence-electron chi connectivity index (χ0n) is 18.2. The Morgan fingerprint density at radius 2 is 1.63 bits per heavy atom. The largest absolute Gasteiger partial charge is 0.485 e. The van der Waals surface area contributed by atoms with Gasteiger partial charge in [0.15, 0.2) is 18.1 Å². The Balaban J connectivity index is 1.29. The molecule has 9 nitrogen and oxygen atoms in total. The molecule has 3 aromatic rings. The number of hydrogen-bond acceptors (Lipinski definition) is 8. The van der Waals surface area contributed by atoms with E-state index in [1.165, 1.54) is 11.8 Å². The molecular formula is C25H19N3O6S. The van der Waals surface area contributed by atoms with Crippen molar-refractivity contribution < 1.29 is 28.6 Å². The van der Waals surface area contributed by atoms with Crippen LogP contribution in [-0.4, -0.2) is 37.1 Å². The van der Waals surface area contributed by atoms with Crippen LogP contribution in [0.25, 0.3) is 0 Å². The maximum Gasteiger partial charge on any atom is 0.339 e. The number of fused-ring (bicyclic) bond motifs is 1. The molecule has 35 heavy (non-hydrogen) atoms. The molecule has 0 aromatic heterocycles. The summed E-state index contributed by atoms with van der Waals surface area (Å²) in [6, 6.07) is 22.8. The Bertz CT molecular complexity index is 1310. The first kappa shape index (κ1) is 23.7. The molecule has 3 aromatic carbocycles. The fraction of sp³-hybridized carbons (Fsp3) is 0.120. The summed E-state index contributed by atoms with van der Waals surface area (Å²) in [6.07, 6.45) is -0.951. The first-order chi connectivity index (χ1) is 17.0. The van der Waals surface area contributed by atoms with Gasteiger partial charge >= 0.3 is 5.97 Å². The smallest absolute Gasteiger partial charge is 0.339 e. The second-order valence-electron chi connectivity index (χ2n) is 7.18. The third kappa shape index (κ3) is 5.90. The molecule has 1 heterocycles. The topological polar surface area (TPSA) is 127 Å². The van der Waals surface area contributed by atoms with Gasteiger partial charge in [0.2, 0.25) is 6.10 Å². The van der Waals surface area contributed by atoms with E-state index in [9.17, 15) is 19.6 Å². The molecular weight excluding hydrogens is 470 g/mol. The molecule has 1 aliphatic rings. The summed E-state index contributed by atoms with van der Waals surface area (Å²) in [6.45, 7) is -0.630. The van der Waals surface area contributed by atoms with Gasteiger partial charge in [0, 0.05) is 9.79 Å². The van der Waals surface area contributed by atoms with Crippen molar-refractivity contribution in [2.45, 2.75) is 15.9 Å². The van der Waals surface area contributed by atoms with E-state index in [2.05, 4.69) is 16.9 Å². The van der Waals surface area contributed by atoms with Crippen LogP contribution in [-0.2, 0) is 14.3 Å². The zero-order chi connectivity index (χ0) is 24.6. The van der Waals surface area contributed by atoms with Crippen LogP contribution in [0, 0.1) is 11.3 Å². The maximum atomic E-state index is 12.6. The highest BCUT2D eigenvalue weighted by molar-refractivity contribution is 7.99. The van der Waals surface area contributed by atoms with E-state index < -0.39 is 30.5 Å². The zero-order valence-corrected chi connectivity index (χ0v) is 19.0. The number of hydrazine groups is 1. The highest BCUT2D eigenvalue weighted by Gasteiger charge is 2.27. The predicted octanol–water partition coefficient (Wildman–Crippen LogP) is 2.85. The normalized spacial score (nSPS) is 13.7. The Labute approximate surface area is 205 Å². The number of nitrogens with zero attached hydrogens (tertiary/aromatic N) is 1. The molecule has 1 atom stereocenters. The van der Waals surface area contributed by atoms with Crippen LogP contribution in [0.3, 0.4) is 0 Å². The molecule has 1 unspecified atom stereocenters. The van der Waals surface area contributed by atoms with Crippen molar-refractivity contribution in [3.05, 3.63) is 83.9 Å². The van der Waals surface area contributed by atoms with E-state index in [-0.39, 0.29) is 12.2 Å². The van der Waals surface area contributed by atoms with E-state index >= 15 is 0 Å². The number of amides is 2. The fourth-order valence-corrected chi connectivity index (χ4v) is 4.11. The van der Waals surface area contributed by atoms with Crippen LogP contribution < -0.4 is 20.3 Å². The number of rotatable bonds is 6. The lowest BCUT2D eigenvalue weighted by atomic mass is 10.2. The maximum absolute atomic E-state index is 12.6. The number of para-hydroxylation sites is 2. The number of nitrogens with one attached hydrogen (secondary N) is 2. The average molecular weight is 490 g/mol. The summed E-state index contributed by atoms with van der Waals surface area (Å²) < 4.78 is 16.1. The van der Waals surface area contributed by atoms with Gasteiger partial charge in [-0.15, -0.1) is 0 Å². The lowest BCUT2D eigenvalue weighted by molar-refractivity contribution is -0.135. The molecule has 4 rings (SSSR count). The molecule has 2 amide bonds. The minimum Gasteiger partial charge on any atom is -0.485 e. The van der Waals surface area contributed by atoms with Gasteiger partial charge in [-0.1, -0.05) is 48.2 Å². The van der Waals surface area contributed by atoms with Gasteiger partial charge in [0.05, 0.1) is 11.1 Å². The summed E-state index contributed by atoms with van der Waals surface area (Å²) >= 11 is 1.25. The van der Waals surface area contributed by atoms with Gasteiger partial charge in [0.25, 0.3) is 11.8 Å². The van der Waals surface area contributed by atoms with Crippen LogP contribution in [0.2, 0.25) is 0 Å². The van der Waals surface area contributed by atoms with Crippen LogP contribution in [0.4, 0.5) is 0 Å². The Morgan fingerprint density at radius 3 is 2.43 bits per heavy atom. The highest BCUT2D eigenvalue weighted by Crippen LogP contribution is 2.33. The minimum atomic E-state index is -0.951. The number of carbonyl (C=O) groups excluding carboxylic acids is 3. The highest BCUT2D eigenvalue weighted by atomic mass is 32.2. The summed E-state index contributed by atoms with van der Waals surface area (Å²) in [5, 5.41) is 9.29. The van der Waals surface area contributed by atoms with Gasteiger partial charge in [-0.3, -0.25) is 20.4 Å². The van der Waals surface area contributed by atoms with E-state index in [0.717, 1.165) is 0 Å². The van der Waals surface area contributed by atoms with Crippen molar-refractivity contribution in [3.8, 4) is 17.6 Å². The molecule has 1 aliphatic heterocycles. The minimum absolute atomic E-state index is 0.0168. The number of benzene rings is 3. The molecule has 2 N–H and O–H groups in total. The number of nitriles is 1. The Morgan fingerprint density at radius 1 is 0.943 bits per heavy atom. The second-order valence-corrected chi connectivity index (χ2v) is 8.27. The van der Waals surface area contributed by atoms with Crippen molar-refractivity contribution in [1.29, 1.82) is 5.26 Å². The van der Waals surface area contributed by atoms with Crippen LogP contribution in [0.5, 0.6) is 11.5 Å². The van der Waals surface area contributed by atoms with Gasteiger partial charge in [-0.25, -0.2) is 4.79 Å². The van der Waals surface area contributed by atoms with E-state index in [1.807, 2.05) is 0 Å². The Kier molecular flexibility index (Phi) is 7.50. The van der Waals surface area contributed by atoms with Gasteiger partial charge in [0.1, 0.15) is 12.7 Å². The van der Waals surface area contributed by atoms with Gasteiger partial charge in [-0.2, -0.15) is 5.26 Å². The van der Waals surface area contributed by atoms with E-state index in [4.69, 9.17) is 14.2 Å². The summed E-state index contributed by atoms with van der Waals surface area (Å²) in [7, 11) is 0. The fourth-order valence-electron chi connectivity index (χ4n) is 3.10. The molecule has 0 fully saturated rings. The van der Waals surface area contributed by atoms with Crippen molar-refractivity contribution >= 4 is 29.5 Å². The number of ether oxygens (including phenoxy) is 3. The number of carbonyl (C=O) groups is 3. The van der Waals surface area contributed by atoms with Crippen LogP contribution in [0.15, 0.2) is 82.6 Å². The van der Waals surface area contributed by atoms with Crippen molar-refractivity contribution in [1.82, 2.24) is 10.9 Å². The van der Waals surface area contributed by atoms with Crippen molar-refractivity contribution in [2.24, 2.45) is 0 Å². The monoisotopic (exact) mass is 489 g/mol. The Hall–Kier alpha value is -4.49. The first-order valence-electron chi connectivity index (χ1n) is 10.5. The second kappa shape index (κ2) is 11.1. The molecule has 0 bridgehead atoms. The third-order valence-electron chi connectivity index (χ3n) is 4.79. The average Bonchev–Trinajstić information content (AvgIpc) is 2.90. The quantitative estimate of drug-likeness (QED) is 0.400. The first-order valence-corrected chi connectivity index (χ1v) is 11.3. The summed E-state index contributed by atoms with van der Waals surface area (Å²) in [4.78, 5) is 38.3. The lowest BCUT2D eigenvalue weighted by Crippen LogP contribution is -2.51. The molecule has 0 spiro atoms. The van der Waals surface area contributed by atoms with Crippen molar-refractivity contribution in [2.75, 3.05) is 13.2 Å². The molecule has 0 radical (unpaired) electrons. The number of hydrogen-bond donors (Lipinski definition) is 2. The standard InChI is InChI=1S/C25H19N3O6S/c26-13-16-7-1-5-11-21(16)35-22-12-6-2-8-17(22)25(31)33-15-23(29)27-28-24(30)20-14-32-18-9-3-4-10-19(18)34-20/h1-12,20H,14-15H2,(H,27,29)(H,28,30). The molecule has 0 saturated carbocycles.